The average Bonchev–Trinajstić information content (AvgIpc) is 3.16. The smallest absolute Gasteiger partial charge is 0.244 e. The number of hydrogen-bond donors (Lipinski definition) is 0. The van der Waals surface area contributed by atoms with Crippen LogP contribution in [0.2, 0.25) is 0 Å². The van der Waals surface area contributed by atoms with Crippen molar-refractivity contribution in [2.24, 2.45) is 5.92 Å². The Balaban J connectivity index is 1.62. The van der Waals surface area contributed by atoms with E-state index in [1.54, 1.807) is 0 Å². The first-order valence-electron chi connectivity index (χ1n) is 7.80. The van der Waals surface area contributed by atoms with Crippen molar-refractivity contribution in [2.45, 2.75) is 70.5 Å². The van der Waals surface area contributed by atoms with Crippen LogP contribution < -0.4 is 0 Å². The number of aromatic nitrogens is 4. The Hall–Kier alpha value is -1.46. The summed E-state index contributed by atoms with van der Waals surface area (Å²) in [6, 6.07) is 0.913. The number of carbonyl (C=O) groups is 1. The van der Waals surface area contributed by atoms with E-state index in [9.17, 15) is 4.79 Å². The molecule has 20 heavy (non-hydrogen) atoms. The maximum atomic E-state index is 12.6. The van der Waals surface area contributed by atoms with E-state index in [-0.39, 0.29) is 12.5 Å². The highest BCUT2D eigenvalue weighted by Gasteiger charge is 2.38. The SMILES string of the molecule is CCC1CCC(N(C(=O)Cn2cnnn2)C2CC2)CC1. The quantitative estimate of drug-likeness (QED) is 0.820. The highest BCUT2D eigenvalue weighted by atomic mass is 16.2. The predicted octanol–water partition coefficient (Wildman–Crippen LogP) is 1.63. The van der Waals surface area contributed by atoms with Crippen molar-refractivity contribution in [3.05, 3.63) is 6.33 Å². The summed E-state index contributed by atoms with van der Waals surface area (Å²) in [7, 11) is 0. The molecule has 0 spiro atoms. The van der Waals surface area contributed by atoms with Crippen molar-refractivity contribution >= 4 is 5.91 Å². The highest BCUT2D eigenvalue weighted by molar-refractivity contribution is 5.77. The lowest BCUT2D eigenvalue weighted by Gasteiger charge is -2.37. The maximum Gasteiger partial charge on any atom is 0.244 e. The average molecular weight is 277 g/mol. The van der Waals surface area contributed by atoms with Crippen molar-refractivity contribution in [1.29, 1.82) is 0 Å². The number of nitrogens with zero attached hydrogens (tertiary/aromatic N) is 5. The van der Waals surface area contributed by atoms with Gasteiger partial charge in [-0.15, -0.1) is 5.10 Å². The fourth-order valence-electron chi connectivity index (χ4n) is 3.36. The van der Waals surface area contributed by atoms with E-state index < -0.39 is 0 Å². The van der Waals surface area contributed by atoms with Gasteiger partial charge in [-0.25, -0.2) is 4.68 Å². The van der Waals surface area contributed by atoms with Gasteiger partial charge in [0.25, 0.3) is 0 Å². The predicted molar refractivity (Wildman–Crippen MR) is 73.7 cm³/mol. The van der Waals surface area contributed by atoms with Gasteiger partial charge in [-0.05, 0) is 54.9 Å². The molecule has 6 nitrogen and oxygen atoms in total. The van der Waals surface area contributed by atoms with Gasteiger partial charge in [-0.3, -0.25) is 4.79 Å². The minimum atomic E-state index is 0.180. The monoisotopic (exact) mass is 277 g/mol. The van der Waals surface area contributed by atoms with Crippen LogP contribution in [0.15, 0.2) is 6.33 Å². The zero-order valence-corrected chi connectivity index (χ0v) is 12.1. The van der Waals surface area contributed by atoms with Crippen LogP contribution in [-0.4, -0.2) is 43.1 Å². The highest BCUT2D eigenvalue weighted by Crippen LogP contribution is 2.36. The zero-order valence-electron chi connectivity index (χ0n) is 12.1. The van der Waals surface area contributed by atoms with Crippen LogP contribution in [0.1, 0.15) is 51.9 Å². The molecule has 0 unspecified atom stereocenters. The zero-order chi connectivity index (χ0) is 13.9. The van der Waals surface area contributed by atoms with Crippen molar-refractivity contribution in [3.63, 3.8) is 0 Å². The summed E-state index contributed by atoms with van der Waals surface area (Å²) in [5.41, 5.74) is 0. The van der Waals surface area contributed by atoms with Gasteiger partial charge in [0.2, 0.25) is 5.91 Å². The molecule has 0 atom stereocenters. The van der Waals surface area contributed by atoms with Gasteiger partial charge in [-0.1, -0.05) is 13.3 Å². The Morgan fingerprint density at radius 2 is 1.85 bits per heavy atom. The fraction of sp³-hybridized carbons (Fsp3) is 0.857. The second-order valence-electron chi connectivity index (χ2n) is 6.12. The minimum absolute atomic E-state index is 0.180. The molecular formula is C14H23N5O. The molecule has 0 aliphatic heterocycles. The lowest BCUT2D eigenvalue weighted by molar-refractivity contribution is -0.136. The van der Waals surface area contributed by atoms with E-state index in [4.69, 9.17) is 0 Å². The summed E-state index contributed by atoms with van der Waals surface area (Å²) in [6.45, 7) is 2.55. The minimum Gasteiger partial charge on any atom is -0.335 e. The Morgan fingerprint density at radius 1 is 1.20 bits per heavy atom. The Kier molecular flexibility index (Phi) is 3.98. The van der Waals surface area contributed by atoms with Gasteiger partial charge in [0, 0.05) is 12.1 Å². The van der Waals surface area contributed by atoms with Crippen LogP contribution in [0.3, 0.4) is 0 Å². The van der Waals surface area contributed by atoms with Gasteiger partial charge in [-0.2, -0.15) is 0 Å². The molecule has 1 amide bonds. The molecule has 0 N–H and O–H groups in total. The molecule has 2 aliphatic rings. The maximum absolute atomic E-state index is 12.6. The van der Waals surface area contributed by atoms with Gasteiger partial charge in [0.1, 0.15) is 12.9 Å². The van der Waals surface area contributed by atoms with E-state index in [1.165, 1.54) is 30.3 Å². The summed E-state index contributed by atoms with van der Waals surface area (Å²) < 4.78 is 1.52. The fourth-order valence-corrected chi connectivity index (χ4v) is 3.36. The molecule has 2 fully saturated rings. The lowest BCUT2D eigenvalue weighted by atomic mass is 9.84. The van der Waals surface area contributed by atoms with E-state index >= 15 is 0 Å². The van der Waals surface area contributed by atoms with Gasteiger partial charge >= 0.3 is 0 Å². The summed E-state index contributed by atoms with van der Waals surface area (Å²) in [5.74, 6) is 1.04. The lowest BCUT2D eigenvalue weighted by Crippen LogP contribution is -2.45. The summed E-state index contributed by atoms with van der Waals surface area (Å²) in [4.78, 5) is 14.7. The molecule has 6 heteroatoms. The number of carbonyl (C=O) groups excluding carboxylic acids is 1. The van der Waals surface area contributed by atoms with Crippen LogP contribution in [0.25, 0.3) is 0 Å². The number of tetrazole rings is 1. The van der Waals surface area contributed by atoms with Crippen LogP contribution in [0.4, 0.5) is 0 Å². The Labute approximate surface area is 119 Å². The number of amides is 1. The molecule has 110 valence electrons. The van der Waals surface area contributed by atoms with E-state index in [0.717, 1.165) is 31.6 Å². The second kappa shape index (κ2) is 5.89. The van der Waals surface area contributed by atoms with Gasteiger partial charge in [0.15, 0.2) is 0 Å². The third-order valence-electron chi connectivity index (χ3n) is 4.70. The molecule has 1 heterocycles. The van der Waals surface area contributed by atoms with Crippen molar-refractivity contribution in [2.75, 3.05) is 0 Å². The Bertz CT molecular complexity index is 434. The third kappa shape index (κ3) is 2.99. The normalized spacial score (nSPS) is 26.4. The van der Waals surface area contributed by atoms with E-state index in [0.29, 0.717) is 12.1 Å². The molecule has 0 saturated heterocycles. The third-order valence-corrected chi connectivity index (χ3v) is 4.70. The molecule has 2 saturated carbocycles. The second-order valence-corrected chi connectivity index (χ2v) is 6.12. The van der Waals surface area contributed by atoms with Gasteiger partial charge < -0.3 is 4.90 Å². The topological polar surface area (TPSA) is 63.9 Å². The number of hydrogen-bond acceptors (Lipinski definition) is 4. The largest absolute Gasteiger partial charge is 0.335 e. The van der Waals surface area contributed by atoms with Gasteiger partial charge in [0.05, 0.1) is 0 Å². The standard InChI is InChI=1S/C14H23N5O/c1-2-11-3-5-12(6-4-11)19(13-7-8-13)14(20)9-18-10-15-16-17-18/h10-13H,2-9H2,1H3. The molecule has 2 aliphatic carbocycles. The van der Waals surface area contributed by atoms with E-state index in [1.807, 2.05) is 0 Å². The van der Waals surface area contributed by atoms with Crippen LogP contribution in [-0.2, 0) is 11.3 Å². The summed E-state index contributed by atoms with van der Waals surface area (Å²) >= 11 is 0. The van der Waals surface area contributed by atoms with Crippen LogP contribution in [0, 0.1) is 5.92 Å². The summed E-state index contributed by atoms with van der Waals surface area (Å²) in [6.07, 6.45) is 9.97. The Morgan fingerprint density at radius 3 is 2.35 bits per heavy atom. The van der Waals surface area contributed by atoms with Crippen LogP contribution >= 0.6 is 0 Å². The van der Waals surface area contributed by atoms with Crippen molar-refractivity contribution < 1.29 is 4.79 Å². The molecule has 0 aromatic carbocycles. The molecule has 0 radical (unpaired) electrons. The van der Waals surface area contributed by atoms with Crippen LogP contribution in [0.5, 0.6) is 0 Å². The molecule has 0 bridgehead atoms. The first-order chi connectivity index (χ1) is 9.78. The molecule has 3 rings (SSSR count). The van der Waals surface area contributed by atoms with E-state index in [2.05, 4.69) is 27.3 Å². The van der Waals surface area contributed by atoms with Crippen molar-refractivity contribution in [3.8, 4) is 0 Å². The molecular weight excluding hydrogens is 254 g/mol. The first kappa shape index (κ1) is 13.5. The first-order valence-corrected chi connectivity index (χ1v) is 7.80. The molecule has 1 aromatic heterocycles. The molecule has 1 aromatic rings. The number of rotatable bonds is 5. The van der Waals surface area contributed by atoms with Crippen molar-refractivity contribution in [1.82, 2.24) is 25.1 Å². The summed E-state index contributed by atoms with van der Waals surface area (Å²) in [5, 5.41) is 11.0.